The van der Waals surface area contributed by atoms with E-state index in [9.17, 15) is 5.11 Å². The fourth-order valence-corrected chi connectivity index (χ4v) is 2.44. The van der Waals surface area contributed by atoms with E-state index in [1.165, 1.54) is 5.56 Å². The van der Waals surface area contributed by atoms with Crippen molar-refractivity contribution in [2.24, 2.45) is 0 Å². The summed E-state index contributed by atoms with van der Waals surface area (Å²) in [5.41, 5.74) is 3.05. The predicted molar refractivity (Wildman–Crippen MR) is 85.5 cm³/mol. The molecule has 0 atom stereocenters. The topological polar surface area (TPSA) is 50.1 Å². The zero-order valence-corrected chi connectivity index (χ0v) is 13.1. The van der Waals surface area contributed by atoms with E-state index in [0.717, 1.165) is 30.8 Å². The molecule has 4 nitrogen and oxygen atoms in total. The number of nitrogens with zero attached hydrogens (tertiary/aromatic N) is 2. The third-order valence-corrected chi connectivity index (χ3v) is 4.33. The van der Waals surface area contributed by atoms with Gasteiger partial charge in [-0.3, -0.25) is 0 Å². The first-order valence-corrected chi connectivity index (χ1v) is 7.60. The number of para-hydroxylation sites is 1. The first kappa shape index (κ1) is 15.7. The Balaban J connectivity index is 2.13. The van der Waals surface area contributed by atoms with Crippen LogP contribution in [-0.2, 0) is 6.54 Å². The molecule has 1 heterocycles. The molecule has 0 aliphatic carbocycles. The molecule has 0 fully saturated rings. The molecule has 2 N–H and O–H groups in total. The first-order valence-electron chi connectivity index (χ1n) is 7.60. The monoisotopic (exact) mass is 287 g/mol. The van der Waals surface area contributed by atoms with E-state index < -0.39 is 0 Å². The van der Waals surface area contributed by atoms with Crippen LogP contribution in [0.5, 0.6) is 0 Å². The number of hydrogen-bond acceptors (Lipinski definition) is 3. The van der Waals surface area contributed by atoms with E-state index in [4.69, 9.17) is 0 Å². The van der Waals surface area contributed by atoms with Gasteiger partial charge in [0.1, 0.15) is 0 Å². The third kappa shape index (κ3) is 3.52. The van der Waals surface area contributed by atoms with Crippen molar-refractivity contribution in [1.82, 2.24) is 15.1 Å². The van der Waals surface area contributed by atoms with Gasteiger partial charge < -0.3 is 10.4 Å². The molecule has 0 saturated carbocycles. The van der Waals surface area contributed by atoms with Crippen molar-refractivity contribution >= 4 is 0 Å². The van der Waals surface area contributed by atoms with Gasteiger partial charge in [-0.25, -0.2) is 4.68 Å². The van der Waals surface area contributed by atoms with Crippen LogP contribution in [0.1, 0.15) is 37.9 Å². The van der Waals surface area contributed by atoms with Crippen LogP contribution >= 0.6 is 0 Å². The van der Waals surface area contributed by atoms with Gasteiger partial charge in [0.2, 0.25) is 0 Å². The summed E-state index contributed by atoms with van der Waals surface area (Å²) >= 11 is 0. The van der Waals surface area contributed by atoms with Gasteiger partial charge in [-0.05, 0) is 31.9 Å². The summed E-state index contributed by atoms with van der Waals surface area (Å²) in [6.45, 7) is 7.11. The molecule has 2 aromatic rings. The predicted octanol–water partition coefficient (Wildman–Crippen LogP) is 2.82. The Hall–Kier alpha value is -1.65. The molecule has 0 saturated heterocycles. The highest BCUT2D eigenvalue weighted by Crippen LogP contribution is 2.17. The zero-order chi connectivity index (χ0) is 15.3. The minimum Gasteiger partial charge on any atom is -0.394 e. The number of aliphatic hydroxyl groups excluding tert-OH is 1. The molecule has 0 unspecified atom stereocenters. The Kier molecular flexibility index (Phi) is 5.15. The molecule has 0 aliphatic heterocycles. The van der Waals surface area contributed by atoms with Gasteiger partial charge in [-0.2, -0.15) is 5.10 Å². The van der Waals surface area contributed by atoms with Gasteiger partial charge in [0.15, 0.2) is 0 Å². The summed E-state index contributed by atoms with van der Waals surface area (Å²) in [6, 6.07) is 10.1. The van der Waals surface area contributed by atoms with E-state index >= 15 is 0 Å². The average molecular weight is 287 g/mol. The minimum atomic E-state index is -0.193. The second kappa shape index (κ2) is 6.87. The number of benzene rings is 1. The maximum atomic E-state index is 9.62. The summed E-state index contributed by atoms with van der Waals surface area (Å²) < 4.78 is 1.91. The molecule has 0 radical (unpaired) electrons. The Morgan fingerprint density at radius 2 is 1.86 bits per heavy atom. The van der Waals surface area contributed by atoms with Crippen LogP contribution in [0.25, 0.3) is 5.69 Å². The van der Waals surface area contributed by atoms with Crippen LogP contribution in [0.15, 0.2) is 36.5 Å². The second-order valence-electron chi connectivity index (χ2n) is 5.52. The number of nitrogens with one attached hydrogen (secondary N) is 1. The molecular formula is C17H25N3O. The Morgan fingerprint density at radius 3 is 2.43 bits per heavy atom. The van der Waals surface area contributed by atoms with E-state index in [-0.39, 0.29) is 12.1 Å². The van der Waals surface area contributed by atoms with Crippen molar-refractivity contribution in [3.63, 3.8) is 0 Å². The van der Waals surface area contributed by atoms with Gasteiger partial charge in [-0.1, -0.05) is 32.0 Å². The minimum absolute atomic E-state index is 0.159. The SMILES string of the molecule is CCC(CC)(CO)NCc1cn(-c2ccccc2)nc1C. The van der Waals surface area contributed by atoms with Crippen LogP contribution in [0, 0.1) is 6.92 Å². The lowest BCUT2D eigenvalue weighted by atomic mass is 9.93. The average Bonchev–Trinajstić information content (AvgIpc) is 2.91. The van der Waals surface area contributed by atoms with E-state index in [1.807, 2.05) is 41.9 Å². The van der Waals surface area contributed by atoms with Crippen molar-refractivity contribution in [2.45, 2.75) is 45.7 Å². The lowest BCUT2D eigenvalue weighted by Gasteiger charge is -2.30. The molecule has 0 spiro atoms. The van der Waals surface area contributed by atoms with Crippen LogP contribution in [0.2, 0.25) is 0 Å². The van der Waals surface area contributed by atoms with Crippen LogP contribution in [-0.4, -0.2) is 27.0 Å². The number of rotatable bonds is 7. The third-order valence-electron chi connectivity index (χ3n) is 4.33. The zero-order valence-electron chi connectivity index (χ0n) is 13.1. The number of hydrogen-bond donors (Lipinski definition) is 2. The highest BCUT2D eigenvalue weighted by Gasteiger charge is 2.24. The van der Waals surface area contributed by atoms with Crippen molar-refractivity contribution in [3.05, 3.63) is 47.8 Å². The smallest absolute Gasteiger partial charge is 0.0645 e. The van der Waals surface area contributed by atoms with Gasteiger partial charge in [-0.15, -0.1) is 0 Å². The number of aliphatic hydroxyl groups is 1. The summed E-state index contributed by atoms with van der Waals surface area (Å²) in [5.74, 6) is 0. The molecule has 1 aromatic carbocycles. The van der Waals surface area contributed by atoms with Crippen LogP contribution in [0.3, 0.4) is 0 Å². The molecule has 0 bridgehead atoms. The highest BCUT2D eigenvalue weighted by atomic mass is 16.3. The molecule has 2 rings (SSSR count). The van der Waals surface area contributed by atoms with Gasteiger partial charge in [0.05, 0.1) is 18.0 Å². The van der Waals surface area contributed by atoms with Crippen molar-refractivity contribution in [3.8, 4) is 5.69 Å². The summed E-state index contributed by atoms with van der Waals surface area (Å²) in [7, 11) is 0. The Morgan fingerprint density at radius 1 is 1.19 bits per heavy atom. The summed E-state index contributed by atoms with van der Waals surface area (Å²) in [4.78, 5) is 0. The van der Waals surface area contributed by atoms with E-state index in [1.54, 1.807) is 0 Å². The van der Waals surface area contributed by atoms with E-state index in [0.29, 0.717) is 0 Å². The number of aromatic nitrogens is 2. The van der Waals surface area contributed by atoms with Gasteiger partial charge in [0, 0.05) is 23.8 Å². The maximum Gasteiger partial charge on any atom is 0.0645 e. The van der Waals surface area contributed by atoms with Gasteiger partial charge in [0.25, 0.3) is 0 Å². The molecule has 0 amide bonds. The lowest BCUT2D eigenvalue weighted by molar-refractivity contribution is 0.149. The molecule has 21 heavy (non-hydrogen) atoms. The number of aryl methyl sites for hydroxylation is 1. The molecule has 4 heteroatoms. The van der Waals surface area contributed by atoms with Gasteiger partial charge >= 0.3 is 0 Å². The van der Waals surface area contributed by atoms with Crippen molar-refractivity contribution in [1.29, 1.82) is 0 Å². The van der Waals surface area contributed by atoms with E-state index in [2.05, 4.69) is 30.5 Å². The molecule has 0 aliphatic rings. The lowest BCUT2D eigenvalue weighted by Crippen LogP contribution is -2.47. The molecule has 114 valence electrons. The second-order valence-corrected chi connectivity index (χ2v) is 5.52. The fraction of sp³-hybridized carbons (Fsp3) is 0.471. The molecule has 1 aromatic heterocycles. The maximum absolute atomic E-state index is 9.62. The van der Waals surface area contributed by atoms with Crippen LogP contribution < -0.4 is 5.32 Å². The highest BCUT2D eigenvalue weighted by molar-refractivity contribution is 5.32. The first-order chi connectivity index (χ1) is 10.1. The Bertz CT molecular complexity index is 550. The largest absolute Gasteiger partial charge is 0.394 e. The summed E-state index contributed by atoms with van der Waals surface area (Å²) in [5, 5.41) is 17.7. The quantitative estimate of drug-likeness (QED) is 0.823. The normalized spacial score (nSPS) is 11.8. The Labute approximate surface area is 126 Å². The van der Waals surface area contributed by atoms with Crippen molar-refractivity contribution in [2.75, 3.05) is 6.61 Å². The van der Waals surface area contributed by atoms with Crippen LogP contribution in [0.4, 0.5) is 0 Å². The fourth-order valence-electron chi connectivity index (χ4n) is 2.44. The summed E-state index contributed by atoms with van der Waals surface area (Å²) in [6.07, 6.45) is 3.88. The molecular weight excluding hydrogens is 262 g/mol. The van der Waals surface area contributed by atoms with Crippen molar-refractivity contribution < 1.29 is 5.11 Å². The standard InChI is InChI=1S/C17H25N3O/c1-4-17(5-2,13-21)18-11-15-12-20(19-14(15)3)16-9-7-6-8-10-16/h6-10,12,18,21H,4-5,11,13H2,1-3H3.